The molecule has 74 valence electrons. The molecule has 0 aliphatic rings. The molecule has 0 aliphatic carbocycles. The highest BCUT2D eigenvalue weighted by Crippen LogP contribution is 2.02. The first-order valence-electron chi connectivity index (χ1n) is 4.08. The van der Waals surface area contributed by atoms with Gasteiger partial charge in [-0.15, -0.1) is 0 Å². The second kappa shape index (κ2) is 4.41. The molecule has 0 N–H and O–H groups in total. The van der Waals surface area contributed by atoms with Crippen LogP contribution in [0, 0.1) is 0 Å². The smallest absolute Gasteiger partial charge is 0.267 e. The van der Waals surface area contributed by atoms with Gasteiger partial charge in [0.15, 0.2) is 5.76 Å². The van der Waals surface area contributed by atoms with Crippen LogP contribution in [0.5, 0.6) is 0 Å². The molecule has 0 unspecified atom stereocenters. The summed E-state index contributed by atoms with van der Waals surface area (Å²) >= 11 is 0. The zero-order chi connectivity index (χ0) is 10.6. The molecule has 0 fully saturated rings. The Balaban J connectivity index is 2.67. The van der Waals surface area contributed by atoms with Crippen LogP contribution in [0.1, 0.15) is 10.6 Å². The number of allylic oxidation sites excluding steroid dienone is 1. The minimum atomic E-state index is -0.631. The van der Waals surface area contributed by atoms with Crippen LogP contribution in [0.25, 0.3) is 0 Å². The first-order valence-corrected chi connectivity index (χ1v) is 4.08. The van der Waals surface area contributed by atoms with Crippen molar-refractivity contribution in [3.05, 3.63) is 36.4 Å². The lowest BCUT2D eigenvalue weighted by Gasteiger charge is -2.01. The van der Waals surface area contributed by atoms with Gasteiger partial charge in [-0.3, -0.25) is 9.59 Å². The van der Waals surface area contributed by atoms with Gasteiger partial charge >= 0.3 is 0 Å². The Morgan fingerprint density at radius 1 is 1.43 bits per heavy atom. The predicted molar refractivity (Wildman–Crippen MR) is 50.9 cm³/mol. The fraction of sp³-hybridized carbons (Fsp3) is 0.200. The maximum Gasteiger partial charge on any atom is 0.267 e. The van der Waals surface area contributed by atoms with Crippen LogP contribution >= 0.6 is 0 Å². The van der Waals surface area contributed by atoms with Gasteiger partial charge < -0.3 is 9.32 Å². The first kappa shape index (κ1) is 10.2. The highest BCUT2D eigenvalue weighted by atomic mass is 16.3. The van der Waals surface area contributed by atoms with Crippen molar-refractivity contribution in [1.29, 1.82) is 0 Å². The molecule has 0 saturated heterocycles. The predicted octanol–water partition coefficient (Wildman–Crippen LogP) is 1.11. The normalized spacial score (nSPS) is 10.4. The lowest BCUT2D eigenvalue weighted by molar-refractivity contribution is -0.111. The Hall–Kier alpha value is -1.84. The minimum absolute atomic E-state index is 0.0680. The van der Waals surface area contributed by atoms with E-state index in [1.54, 1.807) is 25.1 Å². The average Bonchev–Trinajstić information content (AvgIpc) is 2.65. The fourth-order valence-electron chi connectivity index (χ4n) is 0.822. The zero-order valence-electron chi connectivity index (χ0n) is 8.06. The van der Waals surface area contributed by atoms with Crippen molar-refractivity contribution in [2.24, 2.45) is 0 Å². The van der Waals surface area contributed by atoms with Crippen LogP contribution in [0.3, 0.4) is 0 Å². The monoisotopic (exact) mass is 193 g/mol. The molecule has 0 aromatic carbocycles. The van der Waals surface area contributed by atoms with Crippen LogP contribution in [0.2, 0.25) is 0 Å². The molecule has 0 saturated carbocycles. The Morgan fingerprint density at radius 3 is 2.64 bits per heavy atom. The van der Waals surface area contributed by atoms with Gasteiger partial charge in [0.1, 0.15) is 0 Å². The number of rotatable bonds is 4. The zero-order valence-corrected chi connectivity index (χ0v) is 8.06. The largest absolute Gasteiger partial charge is 0.461 e. The lowest BCUT2D eigenvalue weighted by Crippen LogP contribution is -2.12. The van der Waals surface area contributed by atoms with Gasteiger partial charge in [-0.25, -0.2) is 0 Å². The van der Waals surface area contributed by atoms with Crippen LogP contribution in [-0.2, 0) is 4.79 Å². The molecular weight excluding hydrogens is 182 g/mol. The fourth-order valence-corrected chi connectivity index (χ4v) is 0.822. The molecule has 0 radical (unpaired) electrons. The van der Waals surface area contributed by atoms with E-state index in [2.05, 4.69) is 0 Å². The number of ketones is 2. The molecule has 0 atom stereocenters. The van der Waals surface area contributed by atoms with E-state index in [4.69, 9.17) is 4.42 Å². The van der Waals surface area contributed by atoms with Gasteiger partial charge in [-0.2, -0.15) is 0 Å². The van der Waals surface area contributed by atoms with Gasteiger partial charge in [-0.1, -0.05) is 0 Å². The number of carbonyl (C=O) groups excluding carboxylic acids is 2. The highest BCUT2D eigenvalue weighted by molar-refractivity contribution is 6.46. The summed E-state index contributed by atoms with van der Waals surface area (Å²) in [5, 5.41) is 0. The molecular formula is C10H11NO3. The van der Waals surface area contributed by atoms with E-state index < -0.39 is 11.6 Å². The van der Waals surface area contributed by atoms with Crippen molar-refractivity contribution >= 4 is 11.6 Å². The van der Waals surface area contributed by atoms with Gasteiger partial charge in [-0.05, 0) is 12.1 Å². The van der Waals surface area contributed by atoms with E-state index in [1.165, 1.54) is 24.6 Å². The number of carbonyl (C=O) groups is 2. The molecule has 0 aliphatic heterocycles. The first-order chi connectivity index (χ1) is 6.61. The Labute approximate surface area is 81.8 Å². The molecule has 4 nitrogen and oxygen atoms in total. The van der Waals surface area contributed by atoms with Crippen molar-refractivity contribution in [3.8, 4) is 0 Å². The highest BCUT2D eigenvalue weighted by Gasteiger charge is 2.15. The molecule has 0 bridgehead atoms. The summed E-state index contributed by atoms with van der Waals surface area (Å²) in [5.74, 6) is -1.15. The van der Waals surface area contributed by atoms with Gasteiger partial charge in [0.25, 0.3) is 5.78 Å². The van der Waals surface area contributed by atoms with Crippen molar-refractivity contribution in [2.75, 3.05) is 14.1 Å². The van der Waals surface area contributed by atoms with Crippen molar-refractivity contribution < 1.29 is 14.0 Å². The second-order valence-corrected chi connectivity index (χ2v) is 2.95. The number of hydrogen-bond acceptors (Lipinski definition) is 4. The number of furan rings is 1. The summed E-state index contributed by atoms with van der Waals surface area (Å²) < 4.78 is 4.81. The van der Waals surface area contributed by atoms with Gasteiger partial charge in [0.05, 0.1) is 6.26 Å². The van der Waals surface area contributed by atoms with Gasteiger partial charge in [0.2, 0.25) is 5.78 Å². The lowest BCUT2D eigenvalue weighted by atomic mass is 10.2. The van der Waals surface area contributed by atoms with E-state index in [9.17, 15) is 9.59 Å². The van der Waals surface area contributed by atoms with Crippen LogP contribution < -0.4 is 0 Å². The minimum Gasteiger partial charge on any atom is -0.461 e. The molecule has 1 heterocycles. The summed E-state index contributed by atoms with van der Waals surface area (Å²) in [4.78, 5) is 24.2. The van der Waals surface area contributed by atoms with E-state index in [-0.39, 0.29) is 5.76 Å². The Morgan fingerprint density at radius 2 is 2.14 bits per heavy atom. The molecule has 14 heavy (non-hydrogen) atoms. The van der Waals surface area contributed by atoms with Crippen molar-refractivity contribution in [2.45, 2.75) is 0 Å². The maximum atomic E-state index is 11.3. The molecule has 1 aromatic heterocycles. The van der Waals surface area contributed by atoms with Crippen molar-refractivity contribution in [3.63, 3.8) is 0 Å². The SMILES string of the molecule is CN(C)/C=C/C(=O)C(=O)c1ccco1. The van der Waals surface area contributed by atoms with Crippen molar-refractivity contribution in [1.82, 2.24) is 4.90 Å². The second-order valence-electron chi connectivity index (χ2n) is 2.95. The summed E-state index contributed by atoms with van der Waals surface area (Å²) in [6.07, 6.45) is 4.09. The summed E-state index contributed by atoms with van der Waals surface area (Å²) in [6, 6.07) is 3.03. The van der Waals surface area contributed by atoms with E-state index in [0.717, 1.165) is 0 Å². The summed E-state index contributed by atoms with van der Waals surface area (Å²) in [7, 11) is 3.53. The topological polar surface area (TPSA) is 50.5 Å². The molecule has 4 heteroatoms. The number of Topliss-reactive ketones (excluding diaryl/α,β-unsaturated/α-hetero) is 1. The van der Waals surface area contributed by atoms with Crippen LogP contribution in [0.15, 0.2) is 35.1 Å². The standard InChI is InChI=1S/C10H11NO3/c1-11(2)6-5-8(12)10(13)9-4-3-7-14-9/h3-7H,1-2H3/b6-5+. The third-order valence-corrected chi connectivity index (χ3v) is 1.49. The van der Waals surface area contributed by atoms with Gasteiger partial charge in [0, 0.05) is 26.4 Å². The number of nitrogens with zero attached hydrogens (tertiary/aromatic N) is 1. The molecule has 1 aromatic rings. The Bertz CT molecular complexity index is 349. The molecule has 0 amide bonds. The quantitative estimate of drug-likeness (QED) is 0.408. The number of hydrogen-bond donors (Lipinski definition) is 0. The Kier molecular flexibility index (Phi) is 3.23. The van der Waals surface area contributed by atoms with Crippen LogP contribution in [0.4, 0.5) is 0 Å². The summed E-state index contributed by atoms with van der Waals surface area (Å²) in [6.45, 7) is 0. The van der Waals surface area contributed by atoms with E-state index in [0.29, 0.717) is 0 Å². The third kappa shape index (κ3) is 2.58. The maximum absolute atomic E-state index is 11.3. The average molecular weight is 193 g/mol. The van der Waals surface area contributed by atoms with E-state index >= 15 is 0 Å². The van der Waals surface area contributed by atoms with E-state index in [1.807, 2.05) is 0 Å². The molecule has 0 spiro atoms. The molecule has 1 rings (SSSR count). The third-order valence-electron chi connectivity index (χ3n) is 1.49. The van der Waals surface area contributed by atoms with Crippen LogP contribution in [-0.4, -0.2) is 30.6 Å². The summed E-state index contributed by atoms with van der Waals surface area (Å²) in [5.41, 5.74) is 0.